The molecule has 0 saturated carbocycles. The summed E-state index contributed by atoms with van der Waals surface area (Å²) >= 11 is 0. The summed E-state index contributed by atoms with van der Waals surface area (Å²) in [5.74, 6) is 1.71. The van der Waals surface area contributed by atoms with Crippen LogP contribution in [0.5, 0.6) is 5.75 Å². The highest BCUT2D eigenvalue weighted by Crippen LogP contribution is 2.33. The first-order chi connectivity index (χ1) is 8.20. The molecular formula is C15H23NO. The lowest BCUT2D eigenvalue weighted by Gasteiger charge is -2.26. The van der Waals surface area contributed by atoms with E-state index in [4.69, 9.17) is 4.74 Å². The molecule has 1 aliphatic rings. The van der Waals surface area contributed by atoms with E-state index in [1.165, 1.54) is 31.5 Å². The summed E-state index contributed by atoms with van der Waals surface area (Å²) in [7, 11) is 1.74. The molecule has 1 aromatic carbocycles. The maximum absolute atomic E-state index is 5.31. The maximum atomic E-state index is 5.31. The first kappa shape index (κ1) is 12.4. The Bertz CT molecular complexity index is 362. The molecule has 0 amide bonds. The number of ether oxygens (including phenoxy) is 1. The van der Waals surface area contributed by atoms with Crippen LogP contribution >= 0.6 is 0 Å². The van der Waals surface area contributed by atoms with E-state index in [0.29, 0.717) is 6.04 Å². The number of hydrogen-bond donors (Lipinski definition) is 0. The molecule has 1 heterocycles. The molecule has 0 aromatic heterocycles. The average molecular weight is 233 g/mol. The number of hydrogen-bond acceptors (Lipinski definition) is 2. The molecule has 0 bridgehead atoms. The molecule has 0 radical (unpaired) electrons. The van der Waals surface area contributed by atoms with E-state index in [9.17, 15) is 0 Å². The quantitative estimate of drug-likeness (QED) is 0.789. The Morgan fingerprint density at radius 1 is 1.41 bits per heavy atom. The highest BCUT2D eigenvalue weighted by atomic mass is 16.5. The second-order valence-corrected chi connectivity index (χ2v) is 5.32. The third-order valence-electron chi connectivity index (χ3n) is 3.44. The highest BCUT2D eigenvalue weighted by molar-refractivity contribution is 5.31. The Labute approximate surface area is 105 Å². The second-order valence-electron chi connectivity index (χ2n) is 5.32. The van der Waals surface area contributed by atoms with Crippen molar-refractivity contribution in [2.45, 2.75) is 32.7 Å². The van der Waals surface area contributed by atoms with Crippen LogP contribution in [0.3, 0.4) is 0 Å². The van der Waals surface area contributed by atoms with Gasteiger partial charge in [0, 0.05) is 12.6 Å². The first-order valence-corrected chi connectivity index (χ1v) is 6.58. The number of benzene rings is 1. The van der Waals surface area contributed by atoms with Gasteiger partial charge in [-0.1, -0.05) is 26.0 Å². The zero-order valence-corrected chi connectivity index (χ0v) is 11.1. The van der Waals surface area contributed by atoms with E-state index in [0.717, 1.165) is 11.7 Å². The zero-order valence-electron chi connectivity index (χ0n) is 11.1. The first-order valence-electron chi connectivity index (χ1n) is 6.58. The van der Waals surface area contributed by atoms with E-state index in [2.05, 4.69) is 36.9 Å². The van der Waals surface area contributed by atoms with E-state index < -0.39 is 0 Å². The summed E-state index contributed by atoms with van der Waals surface area (Å²) in [6.45, 7) is 7.02. The second kappa shape index (κ2) is 5.54. The lowest BCUT2D eigenvalue weighted by molar-refractivity contribution is 0.228. The fourth-order valence-corrected chi connectivity index (χ4v) is 2.74. The third-order valence-corrected chi connectivity index (χ3v) is 3.44. The summed E-state index contributed by atoms with van der Waals surface area (Å²) in [5, 5.41) is 0. The van der Waals surface area contributed by atoms with Gasteiger partial charge in [0.05, 0.1) is 7.11 Å². The SMILES string of the molecule is COc1cccc([C@H]2CCCN2CC(C)C)c1. The van der Waals surface area contributed by atoms with Crippen LogP contribution in [0.2, 0.25) is 0 Å². The normalized spacial score (nSPS) is 21.1. The molecule has 1 saturated heterocycles. The lowest BCUT2D eigenvalue weighted by atomic mass is 10.0. The molecule has 2 rings (SSSR count). The Balaban J connectivity index is 2.14. The van der Waals surface area contributed by atoms with Crippen molar-refractivity contribution in [2.24, 2.45) is 5.92 Å². The van der Waals surface area contributed by atoms with Crippen molar-refractivity contribution < 1.29 is 4.74 Å². The van der Waals surface area contributed by atoms with E-state index in [-0.39, 0.29) is 0 Å². The van der Waals surface area contributed by atoms with E-state index in [1.807, 2.05) is 6.07 Å². The third kappa shape index (κ3) is 3.01. The van der Waals surface area contributed by atoms with Crippen molar-refractivity contribution >= 4 is 0 Å². The predicted octanol–water partition coefficient (Wildman–Crippen LogP) is 3.49. The van der Waals surface area contributed by atoms with Crippen molar-refractivity contribution in [3.63, 3.8) is 0 Å². The predicted molar refractivity (Wildman–Crippen MR) is 71.4 cm³/mol. The van der Waals surface area contributed by atoms with Crippen LogP contribution in [0, 0.1) is 5.92 Å². The van der Waals surface area contributed by atoms with Crippen LogP contribution in [0.25, 0.3) is 0 Å². The Morgan fingerprint density at radius 3 is 2.94 bits per heavy atom. The van der Waals surface area contributed by atoms with Crippen molar-refractivity contribution in [3.05, 3.63) is 29.8 Å². The van der Waals surface area contributed by atoms with Gasteiger partial charge in [-0.2, -0.15) is 0 Å². The van der Waals surface area contributed by atoms with Gasteiger partial charge in [-0.3, -0.25) is 4.90 Å². The minimum absolute atomic E-state index is 0.590. The van der Waals surface area contributed by atoms with Crippen molar-refractivity contribution in [1.29, 1.82) is 0 Å². The molecule has 2 heteroatoms. The van der Waals surface area contributed by atoms with Gasteiger partial charge in [-0.25, -0.2) is 0 Å². The molecule has 0 N–H and O–H groups in total. The number of rotatable bonds is 4. The number of likely N-dealkylation sites (tertiary alicyclic amines) is 1. The van der Waals surface area contributed by atoms with Gasteiger partial charge in [0.15, 0.2) is 0 Å². The number of nitrogens with zero attached hydrogens (tertiary/aromatic N) is 1. The minimum Gasteiger partial charge on any atom is -0.497 e. The van der Waals surface area contributed by atoms with Crippen LogP contribution in [0.1, 0.15) is 38.3 Å². The van der Waals surface area contributed by atoms with E-state index in [1.54, 1.807) is 7.11 Å². The largest absolute Gasteiger partial charge is 0.497 e. The van der Waals surface area contributed by atoms with Crippen LogP contribution in [-0.2, 0) is 0 Å². The van der Waals surface area contributed by atoms with Gasteiger partial charge in [-0.15, -0.1) is 0 Å². The maximum Gasteiger partial charge on any atom is 0.119 e. The topological polar surface area (TPSA) is 12.5 Å². The monoisotopic (exact) mass is 233 g/mol. The van der Waals surface area contributed by atoms with Crippen LogP contribution in [0.4, 0.5) is 0 Å². The van der Waals surface area contributed by atoms with Crippen LogP contribution < -0.4 is 4.74 Å². The molecule has 0 unspecified atom stereocenters. The van der Waals surface area contributed by atoms with Crippen molar-refractivity contribution in [2.75, 3.05) is 20.2 Å². The molecule has 1 fully saturated rings. The number of methoxy groups -OCH3 is 1. The smallest absolute Gasteiger partial charge is 0.119 e. The van der Waals surface area contributed by atoms with Gasteiger partial charge in [0.25, 0.3) is 0 Å². The van der Waals surface area contributed by atoms with Gasteiger partial charge in [0.2, 0.25) is 0 Å². The molecule has 2 nitrogen and oxygen atoms in total. The molecule has 1 aromatic rings. The van der Waals surface area contributed by atoms with Gasteiger partial charge < -0.3 is 4.74 Å². The fraction of sp³-hybridized carbons (Fsp3) is 0.600. The summed E-state index contributed by atoms with van der Waals surface area (Å²) in [4.78, 5) is 2.61. The minimum atomic E-state index is 0.590. The van der Waals surface area contributed by atoms with Gasteiger partial charge in [0.1, 0.15) is 5.75 Å². The molecule has 0 aliphatic carbocycles. The molecule has 1 atom stereocenters. The Hall–Kier alpha value is -1.02. The van der Waals surface area contributed by atoms with E-state index >= 15 is 0 Å². The molecule has 1 aliphatic heterocycles. The molecular weight excluding hydrogens is 210 g/mol. The Morgan fingerprint density at radius 2 is 2.24 bits per heavy atom. The van der Waals surface area contributed by atoms with Gasteiger partial charge in [-0.05, 0) is 43.0 Å². The standard InChI is InChI=1S/C15H23NO/c1-12(2)11-16-9-5-8-15(16)13-6-4-7-14(10-13)17-3/h4,6-7,10,12,15H,5,8-9,11H2,1-3H3/t15-/m1/s1. The molecule has 0 spiro atoms. The average Bonchev–Trinajstić information content (AvgIpc) is 2.76. The van der Waals surface area contributed by atoms with Crippen molar-refractivity contribution in [3.8, 4) is 5.75 Å². The van der Waals surface area contributed by atoms with Crippen LogP contribution in [0.15, 0.2) is 24.3 Å². The fourth-order valence-electron chi connectivity index (χ4n) is 2.74. The zero-order chi connectivity index (χ0) is 12.3. The van der Waals surface area contributed by atoms with Gasteiger partial charge >= 0.3 is 0 Å². The summed E-state index contributed by atoms with van der Waals surface area (Å²) in [6.07, 6.45) is 2.59. The Kier molecular flexibility index (Phi) is 4.06. The summed E-state index contributed by atoms with van der Waals surface area (Å²) in [6, 6.07) is 9.12. The van der Waals surface area contributed by atoms with Crippen LogP contribution in [-0.4, -0.2) is 25.1 Å². The molecule has 94 valence electrons. The lowest BCUT2D eigenvalue weighted by Crippen LogP contribution is -2.27. The summed E-state index contributed by atoms with van der Waals surface area (Å²) < 4.78 is 5.31. The van der Waals surface area contributed by atoms with Crippen molar-refractivity contribution in [1.82, 2.24) is 4.90 Å². The summed E-state index contributed by atoms with van der Waals surface area (Å²) in [5.41, 5.74) is 1.41. The highest BCUT2D eigenvalue weighted by Gasteiger charge is 2.26. The molecule has 17 heavy (non-hydrogen) atoms.